The summed E-state index contributed by atoms with van der Waals surface area (Å²) in [5.74, 6) is 0.514. The van der Waals surface area contributed by atoms with Crippen LogP contribution in [-0.2, 0) is 16.1 Å². The predicted octanol–water partition coefficient (Wildman–Crippen LogP) is 4.78. The fourth-order valence-electron chi connectivity index (χ4n) is 2.58. The molecule has 2 aromatic rings. The molecule has 2 rings (SSSR count). The number of halogens is 2. The second kappa shape index (κ2) is 11.4. The summed E-state index contributed by atoms with van der Waals surface area (Å²) in [7, 11) is 0. The van der Waals surface area contributed by atoms with Gasteiger partial charge >= 0.3 is 0 Å². The van der Waals surface area contributed by atoms with Gasteiger partial charge in [0.25, 0.3) is 5.91 Å². The van der Waals surface area contributed by atoms with E-state index >= 15 is 0 Å². The van der Waals surface area contributed by atoms with Crippen molar-refractivity contribution in [3.05, 3.63) is 63.0 Å². The molecule has 0 saturated carbocycles. The van der Waals surface area contributed by atoms with E-state index < -0.39 is 6.04 Å². The number of carbonyl (C=O) groups is 2. The van der Waals surface area contributed by atoms with Crippen LogP contribution < -0.4 is 10.1 Å². The summed E-state index contributed by atoms with van der Waals surface area (Å²) in [6, 6.07) is 14.3. The lowest BCUT2D eigenvalue weighted by molar-refractivity contribution is -0.142. The van der Waals surface area contributed by atoms with Gasteiger partial charge in [0.2, 0.25) is 5.91 Å². The molecular weight excluding hydrogens is 500 g/mol. The first-order valence-corrected chi connectivity index (χ1v) is 11.0. The molecule has 0 aliphatic carbocycles. The van der Waals surface area contributed by atoms with Crippen molar-refractivity contribution < 1.29 is 14.3 Å². The van der Waals surface area contributed by atoms with E-state index in [1.807, 2.05) is 50.2 Å². The van der Waals surface area contributed by atoms with Crippen molar-refractivity contribution in [2.24, 2.45) is 5.92 Å². The third kappa shape index (κ3) is 7.82. The predicted molar refractivity (Wildman–Crippen MR) is 122 cm³/mol. The van der Waals surface area contributed by atoms with Crippen LogP contribution in [-0.4, -0.2) is 35.9 Å². The molecule has 0 unspecified atom stereocenters. The van der Waals surface area contributed by atoms with E-state index in [4.69, 9.17) is 4.74 Å². The minimum Gasteiger partial charge on any atom is -0.484 e. The quantitative estimate of drug-likeness (QED) is 0.512. The topological polar surface area (TPSA) is 58.6 Å². The summed E-state index contributed by atoms with van der Waals surface area (Å²) in [6.07, 6.45) is 0. The minimum atomic E-state index is -0.613. The SMILES string of the molecule is CC(C)CNC(=O)[C@@H](C)N(Cc1ccc(Br)cc1)C(=O)COc1ccc(Br)cc1. The van der Waals surface area contributed by atoms with Gasteiger partial charge in [-0.1, -0.05) is 57.8 Å². The first-order valence-electron chi connectivity index (χ1n) is 9.46. The summed E-state index contributed by atoms with van der Waals surface area (Å²) in [6.45, 7) is 6.56. The highest BCUT2D eigenvalue weighted by atomic mass is 79.9. The van der Waals surface area contributed by atoms with Gasteiger partial charge in [-0.2, -0.15) is 0 Å². The van der Waals surface area contributed by atoms with Gasteiger partial charge in [0.1, 0.15) is 11.8 Å². The highest BCUT2D eigenvalue weighted by Gasteiger charge is 2.26. The van der Waals surface area contributed by atoms with Crippen LogP contribution in [0.2, 0.25) is 0 Å². The molecule has 7 heteroatoms. The molecule has 29 heavy (non-hydrogen) atoms. The number of nitrogens with zero attached hydrogens (tertiary/aromatic N) is 1. The van der Waals surface area contributed by atoms with Crippen LogP contribution in [0.3, 0.4) is 0 Å². The summed E-state index contributed by atoms with van der Waals surface area (Å²) < 4.78 is 7.53. The van der Waals surface area contributed by atoms with E-state index in [9.17, 15) is 9.59 Å². The third-order valence-corrected chi connectivity index (χ3v) is 5.35. The van der Waals surface area contributed by atoms with Crippen molar-refractivity contribution in [3.63, 3.8) is 0 Å². The number of carbonyl (C=O) groups excluding carboxylic acids is 2. The first-order chi connectivity index (χ1) is 13.8. The summed E-state index contributed by atoms with van der Waals surface area (Å²) >= 11 is 6.79. The molecule has 0 bridgehead atoms. The van der Waals surface area contributed by atoms with Crippen LogP contribution in [0.4, 0.5) is 0 Å². The Balaban J connectivity index is 2.10. The zero-order valence-electron chi connectivity index (χ0n) is 16.8. The van der Waals surface area contributed by atoms with E-state index in [0.29, 0.717) is 24.8 Å². The Morgan fingerprint density at radius 3 is 2.07 bits per heavy atom. The van der Waals surface area contributed by atoms with Crippen molar-refractivity contribution in [2.45, 2.75) is 33.4 Å². The van der Waals surface area contributed by atoms with Crippen molar-refractivity contribution in [3.8, 4) is 5.75 Å². The molecule has 0 aliphatic heterocycles. The molecule has 0 aliphatic rings. The second-order valence-electron chi connectivity index (χ2n) is 7.21. The molecular formula is C22H26Br2N2O3. The maximum Gasteiger partial charge on any atom is 0.261 e. The van der Waals surface area contributed by atoms with Crippen LogP contribution >= 0.6 is 31.9 Å². The van der Waals surface area contributed by atoms with Gasteiger partial charge in [-0.05, 0) is 54.8 Å². The van der Waals surface area contributed by atoms with Gasteiger partial charge in [-0.25, -0.2) is 0 Å². The van der Waals surface area contributed by atoms with E-state index in [2.05, 4.69) is 37.2 Å². The number of nitrogens with one attached hydrogen (secondary N) is 1. The number of rotatable bonds is 9. The Morgan fingerprint density at radius 2 is 1.52 bits per heavy atom. The van der Waals surface area contributed by atoms with E-state index in [1.54, 1.807) is 24.0 Å². The molecule has 1 N–H and O–H groups in total. The lowest BCUT2D eigenvalue weighted by Gasteiger charge is -2.29. The number of benzene rings is 2. The van der Waals surface area contributed by atoms with Gasteiger partial charge in [0, 0.05) is 22.0 Å². The Hall–Kier alpha value is -1.86. The number of hydrogen-bond acceptors (Lipinski definition) is 3. The average molecular weight is 526 g/mol. The van der Waals surface area contributed by atoms with Gasteiger partial charge < -0.3 is 15.0 Å². The molecule has 1 atom stereocenters. The smallest absolute Gasteiger partial charge is 0.261 e. The molecule has 2 amide bonds. The van der Waals surface area contributed by atoms with Crippen molar-refractivity contribution in [1.29, 1.82) is 0 Å². The van der Waals surface area contributed by atoms with Gasteiger partial charge in [0.15, 0.2) is 6.61 Å². The maximum atomic E-state index is 12.9. The molecule has 0 spiro atoms. The van der Waals surface area contributed by atoms with Crippen LogP contribution in [0, 0.1) is 5.92 Å². The molecule has 0 saturated heterocycles. The standard InChI is InChI=1S/C22H26Br2N2O3/c1-15(2)12-25-22(28)16(3)26(13-17-4-6-18(23)7-5-17)21(27)14-29-20-10-8-19(24)9-11-20/h4-11,15-16H,12-14H2,1-3H3,(H,25,28)/t16-/m1/s1. The second-order valence-corrected chi connectivity index (χ2v) is 9.04. The Kier molecular flexibility index (Phi) is 9.17. The van der Waals surface area contributed by atoms with E-state index in [1.165, 1.54) is 0 Å². The number of amides is 2. The van der Waals surface area contributed by atoms with Crippen molar-refractivity contribution >= 4 is 43.7 Å². The lowest BCUT2D eigenvalue weighted by atomic mass is 10.1. The van der Waals surface area contributed by atoms with E-state index in [0.717, 1.165) is 14.5 Å². The largest absolute Gasteiger partial charge is 0.484 e. The Labute approximate surface area is 189 Å². The highest BCUT2D eigenvalue weighted by molar-refractivity contribution is 9.10. The Bertz CT molecular complexity index is 808. The highest BCUT2D eigenvalue weighted by Crippen LogP contribution is 2.17. The first kappa shape index (κ1) is 23.4. The molecule has 0 heterocycles. The fraction of sp³-hybridized carbons (Fsp3) is 0.364. The molecule has 0 fully saturated rings. The lowest BCUT2D eigenvalue weighted by Crippen LogP contribution is -2.49. The van der Waals surface area contributed by atoms with Gasteiger partial charge in [0.05, 0.1) is 0 Å². The van der Waals surface area contributed by atoms with E-state index in [-0.39, 0.29) is 18.4 Å². The van der Waals surface area contributed by atoms with Crippen LogP contribution in [0.1, 0.15) is 26.3 Å². The zero-order chi connectivity index (χ0) is 21.4. The van der Waals surface area contributed by atoms with Crippen LogP contribution in [0.25, 0.3) is 0 Å². The molecule has 2 aromatic carbocycles. The van der Waals surface area contributed by atoms with Crippen molar-refractivity contribution in [1.82, 2.24) is 10.2 Å². The third-order valence-electron chi connectivity index (χ3n) is 4.29. The summed E-state index contributed by atoms with van der Waals surface area (Å²) in [5.41, 5.74) is 0.939. The van der Waals surface area contributed by atoms with Gasteiger partial charge in [-0.3, -0.25) is 9.59 Å². The molecule has 0 aromatic heterocycles. The number of ether oxygens (including phenoxy) is 1. The van der Waals surface area contributed by atoms with Gasteiger partial charge in [-0.15, -0.1) is 0 Å². The normalized spacial score (nSPS) is 11.8. The van der Waals surface area contributed by atoms with Crippen molar-refractivity contribution in [2.75, 3.05) is 13.2 Å². The monoisotopic (exact) mass is 524 g/mol. The maximum absolute atomic E-state index is 12.9. The van der Waals surface area contributed by atoms with Crippen LogP contribution in [0.15, 0.2) is 57.5 Å². The summed E-state index contributed by atoms with van der Waals surface area (Å²) in [5, 5.41) is 2.91. The summed E-state index contributed by atoms with van der Waals surface area (Å²) in [4.78, 5) is 27.1. The average Bonchev–Trinajstić information content (AvgIpc) is 2.70. The fourth-order valence-corrected chi connectivity index (χ4v) is 3.11. The molecule has 156 valence electrons. The number of hydrogen-bond donors (Lipinski definition) is 1. The van der Waals surface area contributed by atoms with Crippen LogP contribution in [0.5, 0.6) is 5.75 Å². The molecule has 5 nitrogen and oxygen atoms in total. The molecule has 0 radical (unpaired) electrons. The minimum absolute atomic E-state index is 0.139. The zero-order valence-corrected chi connectivity index (χ0v) is 20.0. The Morgan fingerprint density at radius 1 is 0.966 bits per heavy atom.